The summed E-state index contributed by atoms with van der Waals surface area (Å²) in [7, 11) is 1.69. The van der Waals surface area contributed by atoms with E-state index >= 15 is 0 Å². The minimum absolute atomic E-state index is 0.205. The van der Waals surface area contributed by atoms with Crippen molar-refractivity contribution in [3.05, 3.63) is 42.5 Å². The van der Waals surface area contributed by atoms with Crippen molar-refractivity contribution >= 4 is 12.4 Å². The zero-order valence-electron chi connectivity index (χ0n) is 16.1. The van der Waals surface area contributed by atoms with Gasteiger partial charge in [0, 0.05) is 45.7 Å². The van der Waals surface area contributed by atoms with Crippen LogP contribution in [0.3, 0.4) is 0 Å². The molecule has 1 aliphatic heterocycles. The van der Waals surface area contributed by atoms with Gasteiger partial charge in [-0.2, -0.15) is 0 Å². The second kappa shape index (κ2) is 11.7. The number of hydrogen-bond donors (Lipinski definition) is 1. The topological polar surface area (TPSA) is 101 Å². The fourth-order valence-corrected chi connectivity index (χ4v) is 3.13. The van der Waals surface area contributed by atoms with E-state index in [2.05, 4.69) is 27.2 Å². The molecule has 2 heterocycles. The summed E-state index contributed by atoms with van der Waals surface area (Å²) >= 11 is 0. The Balaban J connectivity index is 0.000000878. The van der Waals surface area contributed by atoms with Gasteiger partial charge in [0.1, 0.15) is 18.4 Å². The maximum atomic E-state index is 12.4. The molecule has 0 atom stereocenters. The van der Waals surface area contributed by atoms with Crippen LogP contribution >= 0.6 is 0 Å². The molecular formula is C19H27N5O4. The van der Waals surface area contributed by atoms with Gasteiger partial charge < -0.3 is 19.3 Å². The average molecular weight is 389 g/mol. The molecule has 0 saturated carbocycles. The fraction of sp³-hybridized carbons (Fsp3) is 0.474. The smallest absolute Gasteiger partial charge is 0.290 e. The highest BCUT2D eigenvalue weighted by molar-refractivity contribution is 5.76. The molecule has 0 bridgehead atoms. The van der Waals surface area contributed by atoms with E-state index in [1.165, 1.54) is 5.56 Å². The lowest BCUT2D eigenvalue weighted by molar-refractivity contribution is -0.131. The molecule has 1 aromatic carbocycles. The van der Waals surface area contributed by atoms with E-state index in [0.717, 1.165) is 44.9 Å². The molecule has 1 aliphatic rings. The summed E-state index contributed by atoms with van der Waals surface area (Å²) in [4.78, 5) is 25.2. The van der Waals surface area contributed by atoms with E-state index in [-0.39, 0.29) is 12.4 Å². The van der Waals surface area contributed by atoms with Crippen molar-refractivity contribution in [2.75, 3.05) is 33.3 Å². The zero-order valence-corrected chi connectivity index (χ0v) is 16.1. The van der Waals surface area contributed by atoms with Crippen molar-refractivity contribution in [3.8, 4) is 5.75 Å². The maximum absolute atomic E-state index is 12.4. The van der Waals surface area contributed by atoms with Crippen LogP contribution in [0.15, 0.2) is 36.9 Å². The third-order valence-corrected chi connectivity index (χ3v) is 4.53. The second-order valence-corrected chi connectivity index (χ2v) is 6.42. The van der Waals surface area contributed by atoms with Crippen LogP contribution in [0.5, 0.6) is 5.75 Å². The van der Waals surface area contributed by atoms with Crippen molar-refractivity contribution in [2.45, 2.75) is 25.9 Å². The number of ether oxygens (including phenoxy) is 1. The predicted molar refractivity (Wildman–Crippen MR) is 103 cm³/mol. The lowest BCUT2D eigenvalue weighted by Crippen LogP contribution is -2.35. The average Bonchev–Trinajstić information content (AvgIpc) is 3.12. The largest absolute Gasteiger partial charge is 0.497 e. The molecule has 1 N–H and O–H groups in total. The first-order valence-electron chi connectivity index (χ1n) is 9.19. The van der Waals surface area contributed by atoms with Gasteiger partial charge in [0.2, 0.25) is 5.91 Å². The number of amides is 1. The maximum Gasteiger partial charge on any atom is 0.290 e. The van der Waals surface area contributed by atoms with Gasteiger partial charge in [-0.15, -0.1) is 10.2 Å². The Kier molecular flexibility index (Phi) is 8.93. The van der Waals surface area contributed by atoms with E-state index in [9.17, 15) is 4.79 Å². The second-order valence-electron chi connectivity index (χ2n) is 6.42. The Labute approximate surface area is 164 Å². The molecule has 9 heteroatoms. The van der Waals surface area contributed by atoms with E-state index < -0.39 is 0 Å². The highest BCUT2D eigenvalue weighted by Gasteiger charge is 2.19. The van der Waals surface area contributed by atoms with Gasteiger partial charge in [0.25, 0.3) is 6.47 Å². The zero-order chi connectivity index (χ0) is 20.2. The number of hydrogen-bond acceptors (Lipinski definition) is 6. The number of carbonyl (C=O) groups excluding carboxylic acids is 1. The van der Waals surface area contributed by atoms with Crippen LogP contribution in [-0.2, 0) is 22.7 Å². The van der Waals surface area contributed by atoms with Crippen molar-refractivity contribution in [1.29, 1.82) is 0 Å². The van der Waals surface area contributed by atoms with E-state index in [0.29, 0.717) is 13.0 Å². The number of carbonyl (C=O) groups is 2. The number of rotatable bonds is 6. The lowest BCUT2D eigenvalue weighted by Gasteiger charge is -2.22. The Morgan fingerprint density at radius 2 is 1.96 bits per heavy atom. The molecule has 0 aliphatic carbocycles. The third kappa shape index (κ3) is 6.99. The van der Waals surface area contributed by atoms with Gasteiger partial charge in [0.05, 0.1) is 7.11 Å². The number of carboxylic acid groups (broad SMARTS) is 1. The summed E-state index contributed by atoms with van der Waals surface area (Å²) in [6.07, 6.45) is 4.79. The van der Waals surface area contributed by atoms with Crippen molar-refractivity contribution < 1.29 is 19.4 Å². The van der Waals surface area contributed by atoms with Gasteiger partial charge in [-0.05, 0) is 24.1 Å². The molecule has 152 valence electrons. The van der Waals surface area contributed by atoms with Crippen molar-refractivity contribution in [1.82, 2.24) is 24.6 Å². The number of methoxy groups -OCH3 is 1. The SMILES string of the molecule is COc1cccc(CN2CCCN(C(=O)CCn3cnnc3)CC2)c1.O=CO. The van der Waals surface area contributed by atoms with Crippen molar-refractivity contribution in [3.63, 3.8) is 0 Å². The molecule has 9 nitrogen and oxygen atoms in total. The molecule has 1 amide bonds. The number of benzene rings is 1. The Bertz CT molecular complexity index is 723. The van der Waals surface area contributed by atoms with Gasteiger partial charge in [-0.1, -0.05) is 12.1 Å². The normalized spacial score (nSPS) is 14.5. The Hall–Kier alpha value is -2.94. The summed E-state index contributed by atoms with van der Waals surface area (Å²) < 4.78 is 7.13. The molecule has 0 unspecified atom stereocenters. The van der Waals surface area contributed by atoms with E-state index in [1.54, 1.807) is 19.8 Å². The minimum atomic E-state index is -0.250. The van der Waals surface area contributed by atoms with E-state index in [1.807, 2.05) is 21.6 Å². The summed E-state index contributed by atoms with van der Waals surface area (Å²) in [5, 5.41) is 14.4. The summed E-state index contributed by atoms with van der Waals surface area (Å²) in [6.45, 7) is 4.79. The van der Waals surface area contributed by atoms with Crippen LogP contribution in [-0.4, -0.2) is 75.3 Å². The summed E-state index contributed by atoms with van der Waals surface area (Å²) in [5.41, 5.74) is 1.24. The summed E-state index contributed by atoms with van der Waals surface area (Å²) in [5.74, 6) is 1.09. The fourth-order valence-electron chi connectivity index (χ4n) is 3.13. The highest BCUT2D eigenvalue weighted by Crippen LogP contribution is 2.15. The number of aryl methyl sites for hydroxylation is 1. The molecule has 0 spiro atoms. The number of aromatic nitrogens is 3. The first-order valence-corrected chi connectivity index (χ1v) is 9.19. The van der Waals surface area contributed by atoms with Crippen LogP contribution in [0.4, 0.5) is 0 Å². The van der Waals surface area contributed by atoms with Crippen LogP contribution in [0.2, 0.25) is 0 Å². The molecule has 28 heavy (non-hydrogen) atoms. The van der Waals surface area contributed by atoms with Crippen LogP contribution < -0.4 is 4.74 Å². The van der Waals surface area contributed by atoms with Crippen molar-refractivity contribution in [2.24, 2.45) is 0 Å². The van der Waals surface area contributed by atoms with Crippen LogP contribution in [0.25, 0.3) is 0 Å². The molecule has 3 rings (SSSR count). The third-order valence-electron chi connectivity index (χ3n) is 4.53. The highest BCUT2D eigenvalue weighted by atomic mass is 16.5. The standard InChI is InChI=1S/C18H25N5O2.CH2O2/c1-25-17-5-2-4-16(12-17)13-21-7-3-8-23(11-10-21)18(24)6-9-22-14-19-20-15-22;2-1-3/h2,4-5,12,14-15H,3,6-11,13H2,1H3;1H,(H,2,3). The number of nitrogens with zero attached hydrogens (tertiary/aromatic N) is 5. The molecule has 0 radical (unpaired) electrons. The predicted octanol–water partition coefficient (Wildman–Crippen LogP) is 1.11. The van der Waals surface area contributed by atoms with E-state index in [4.69, 9.17) is 14.6 Å². The Morgan fingerprint density at radius 1 is 1.21 bits per heavy atom. The van der Waals surface area contributed by atoms with Crippen LogP contribution in [0, 0.1) is 0 Å². The molecular weight excluding hydrogens is 362 g/mol. The molecule has 1 aromatic heterocycles. The van der Waals surface area contributed by atoms with Gasteiger partial charge in [-0.3, -0.25) is 14.5 Å². The lowest BCUT2D eigenvalue weighted by atomic mass is 10.2. The monoisotopic (exact) mass is 389 g/mol. The summed E-state index contributed by atoms with van der Waals surface area (Å²) in [6, 6.07) is 8.18. The van der Waals surface area contributed by atoms with Crippen LogP contribution in [0.1, 0.15) is 18.4 Å². The molecule has 1 fully saturated rings. The Morgan fingerprint density at radius 3 is 2.68 bits per heavy atom. The first-order chi connectivity index (χ1) is 13.7. The first kappa shape index (κ1) is 21.4. The van der Waals surface area contributed by atoms with Gasteiger partial charge >= 0.3 is 0 Å². The van der Waals surface area contributed by atoms with Gasteiger partial charge in [0.15, 0.2) is 0 Å². The van der Waals surface area contributed by atoms with Gasteiger partial charge in [-0.25, -0.2) is 0 Å². The molecule has 1 saturated heterocycles. The molecule has 2 aromatic rings. The quantitative estimate of drug-likeness (QED) is 0.739. The minimum Gasteiger partial charge on any atom is -0.497 e.